The van der Waals surface area contributed by atoms with Gasteiger partial charge in [0.15, 0.2) is 9.84 Å². The van der Waals surface area contributed by atoms with Crippen LogP contribution in [0.15, 0.2) is 40.2 Å². The number of nitrogens with zero attached hydrogens (tertiary/aromatic N) is 1. The zero-order chi connectivity index (χ0) is 18.9. The second-order valence-electron chi connectivity index (χ2n) is 8.49. The lowest BCUT2D eigenvalue weighted by atomic mass is 9.95. The molecule has 5 nitrogen and oxygen atoms in total. The lowest BCUT2D eigenvalue weighted by Crippen LogP contribution is -2.40. The van der Waals surface area contributed by atoms with Crippen LogP contribution in [0.25, 0.3) is 0 Å². The fourth-order valence-corrected chi connectivity index (χ4v) is 6.10. The van der Waals surface area contributed by atoms with Crippen LogP contribution in [0.2, 0.25) is 0 Å². The highest BCUT2D eigenvalue weighted by atomic mass is 32.2. The van der Waals surface area contributed by atoms with Crippen LogP contribution in [-0.2, 0) is 9.84 Å². The van der Waals surface area contributed by atoms with Gasteiger partial charge < -0.3 is 10.6 Å². The number of hydrogen-bond donors (Lipinski definition) is 2. The number of aliphatic imine (C=N–C) groups is 1. The molecule has 4 atom stereocenters. The molecule has 0 bridgehead atoms. The Morgan fingerprint density at radius 3 is 2.59 bits per heavy atom. The number of fused-ring (bicyclic) bond motifs is 1. The molecule has 1 heterocycles. The van der Waals surface area contributed by atoms with Gasteiger partial charge in [0.1, 0.15) is 11.7 Å². The van der Waals surface area contributed by atoms with Crippen LogP contribution in [0.1, 0.15) is 51.9 Å². The second-order valence-corrected chi connectivity index (χ2v) is 10.5. The third-order valence-corrected chi connectivity index (χ3v) is 8.11. The van der Waals surface area contributed by atoms with Gasteiger partial charge in [-0.3, -0.25) is 4.99 Å². The van der Waals surface area contributed by atoms with E-state index in [4.69, 9.17) is 4.99 Å². The Labute approximate surface area is 163 Å². The van der Waals surface area contributed by atoms with Crippen LogP contribution in [0.4, 0.5) is 0 Å². The van der Waals surface area contributed by atoms with Gasteiger partial charge in [-0.05, 0) is 50.2 Å². The van der Waals surface area contributed by atoms with Crippen molar-refractivity contribution in [3.8, 4) is 0 Å². The second kappa shape index (κ2) is 7.92. The summed E-state index contributed by atoms with van der Waals surface area (Å²) in [5.74, 6) is 2.34. The summed E-state index contributed by atoms with van der Waals surface area (Å²) in [6, 6.07) is 9.73. The van der Waals surface area contributed by atoms with Gasteiger partial charge in [0.2, 0.25) is 0 Å². The monoisotopic (exact) mass is 389 g/mol. The third-order valence-electron chi connectivity index (χ3n) is 6.57. The topological polar surface area (TPSA) is 70.6 Å². The molecule has 2 aliphatic carbocycles. The van der Waals surface area contributed by atoms with Gasteiger partial charge in [-0.1, -0.05) is 38.0 Å². The zero-order valence-corrected chi connectivity index (χ0v) is 16.9. The van der Waals surface area contributed by atoms with Gasteiger partial charge in [-0.25, -0.2) is 8.42 Å². The molecule has 0 saturated heterocycles. The summed E-state index contributed by atoms with van der Waals surface area (Å²) < 4.78 is 25.1. The van der Waals surface area contributed by atoms with Crippen molar-refractivity contribution in [3.63, 3.8) is 0 Å². The number of benzene rings is 1. The Kier molecular flexibility index (Phi) is 5.55. The number of amidine groups is 1. The van der Waals surface area contributed by atoms with Crippen LogP contribution < -0.4 is 10.6 Å². The molecule has 148 valence electrons. The summed E-state index contributed by atoms with van der Waals surface area (Å²) in [4.78, 5) is 5.43. The van der Waals surface area contributed by atoms with Crippen molar-refractivity contribution in [2.45, 2.75) is 74.9 Å². The van der Waals surface area contributed by atoms with Crippen molar-refractivity contribution in [1.29, 1.82) is 0 Å². The van der Waals surface area contributed by atoms with Crippen LogP contribution in [0.5, 0.6) is 0 Å². The number of nitrogens with one attached hydrogen (secondary N) is 2. The summed E-state index contributed by atoms with van der Waals surface area (Å²) in [6.45, 7) is 2.24. The van der Waals surface area contributed by atoms with E-state index in [0.717, 1.165) is 19.3 Å². The molecule has 6 heteroatoms. The maximum atomic E-state index is 12.6. The molecule has 1 aliphatic heterocycles. The van der Waals surface area contributed by atoms with E-state index in [2.05, 4.69) is 17.6 Å². The van der Waals surface area contributed by atoms with Gasteiger partial charge in [0.05, 0.1) is 10.9 Å². The minimum atomic E-state index is -3.29. The minimum Gasteiger partial charge on any atom is -0.369 e. The SMILES string of the molecule is CC1CC2NC(C3CCCC3)=NC2CCC1NCS(=O)(=O)c1ccccc1. The Morgan fingerprint density at radius 2 is 1.85 bits per heavy atom. The predicted molar refractivity (Wildman–Crippen MR) is 109 cm³/mol. The molecular formula is C21H31N3O2S. The van der Waals surface area contributed by atoms with E-state index in [1.165, 1.54) is 31.5 Å². The molecule has 2 saturated carbocycles. The lowest BCUT2D eigenvalue weighted by Gasteiger charge is -2.25. The molecule has 2 fully saturated rings. The maximum absolute atomic E-state index is 12.6. The van der Waals surface area contributed by atoms with E-state index >= 15 is 0 Å². The van der Waals surface area contributed by atoms with Gasteiger partial charge in [0.25, 0.3) is 0 Å². The first-order valence-corrected chi connectivity index (χ1v) is 12.0. The molecule has 1 aromatic rings. The Bertz CT molecular complexity index is 772. The van der Waals surface area contributed by atoms with Crippen molar-refractivity contribution in [2.75, 3.05) is 5.88 Å². The Morgan fingerprint density at radius 1 is 1.11 bits per heavy atom. The standard InChI is InChI=1S/C21H31N3O2S/c1-15-13-20-19(23-21(24-20)16-7-5-6-8-16)12-11-18(15)22-14-27(25,26)17-9-3-2-4-10-17/h2-4,9-10,15-16,18-20,22H,5-8,11-14H2,1H3,(H,23,24). The summed E-state index contributed by atoms with van der Waals surface area (Å²) in [7, 11) is -3.29. The van der Waals surface area contributed by atoms with E-state index in [1.807, 2.05) is 6.07 Å². The first-order chi connectivity index (χ1) is 13.0. The number of sulfone groups is 1. The molecule has 0 spiro atoms. The van der Waals surface area contributed by atoms with Crippen LogP contribution in [0, 0.1) is 11.8 Å². The van der Waals surface area contributed by atoms with E-state index in [-0.39, 0.29) is 11.9 Å². The normalized spacial score (nSPS) is 31.8. The Hall–Kier alpha value is -1.40. The predicted octanol–water partition coefficient (Wildman–Crippen LogP) is 3.13. The summed E-state index contributed by atoms with van der Waals surface area (Å²) in [6.07, 6.45) is 8.28. The molecule has 3 aliphatic rings. The van der Waals surface area contributed by atoms with Gasteiger partial charge in [-0.2, -0.15) is 0 Å². The average Bonchev–Trinajstić information content (AvgIpc) is 3.30. The molecule has 0 amide bonds. The van der Waals surface area contributed by atoms with Gasteiger partial charge >= 0.3 is 0 Å². The molecule has 0 radical (unpaired) electrons. The van der Waals surface area contributed by atoms with E-state index in [1.54, 1.807) is 24.3 Å². The maximum Gasteiger partial charge on any atom is 0.191 e. The molecule has 1 aromatic carbocycles. The van der Waals surface area contributed by atoms with Crippen molar-refractivity contribution >= 4 is 15.7 Å². The molecule has 27 heavy (non-hydrogen) atoms. The van der Waals surface area contributed by atoms with E-state index < -0.39 is 9.84 Å². The summed E-state index contributed by atoms with van der Waals surface area (Å²) in [5, 5.41) is 7.07. The molecular weight excluding hydrogens is 358 g/mol. The highest BCUT2D eigenvalue weighted by Gasteiger charge is 2.38. The van der Waals surface area contributed by atoms with Gasteiger partial charge in [0, 0.05) is 18.0 Å². The summed E-state index contributed by atoms with van der Waals surface area (Å²) >= 11 is 0. The van der Waals surface area contributed by atoms with Crippen LogP contribution >= 0.6 is 0 Å². The molecule has 4 rings (SSSR count). The van der Waals surface area contributed by atoms with Crippen molar-refractivity contribution in [1.82, 2.24) is 10.6 Å². The zero-order valence-electron chi connectivity index (χ0n) is 16.1. The minimum absolute atomic E-state index is 0.00533. The van der Waals surface area contributed by atoms with E-state index in [9.17, 15) is 8.42 Å². The first-order valence-electron chi connectivity index (χ1n) is 10.4. The molecule has 2 N–H and O–H groups in total. The largest absolute Gasteiger partial charge is 0.369 e. The Balaban J connectivity index is 1.36. The highest BCUT2D eigenvalue weighted by molar-refractivity contribution is 7.91. The van der Waals surface area contributed by atoms with Crippen molar-refractivity contribution in [2.24, 2.45) is 16.8 Å². The van der Waals surface area contributed by atoms with Crippen molar-refractivity contribution < 1.29 is 8.42 Å². The van der Waals surface area contributed by atoms with Crippen LogP contribution in [-0.4, -0.2) is 38.3 Å². The number of hydrogen-bond acceptors (Lipinski definition) is 5. The quantitative estimate of drug-likeness (QED) is 0.812. The van der Waals surface area contributed by atoms with Crippen LogP contribution in [0.3, 0.4) is 0 Å². The molecule has 0 aromatic heterocycles. The summed E-state index contributed by atoms with van der Waals surface area (Å²) in [5.41, 5.74) is 0. The smallest absolute Gasteiger partial charge is 0.191 e. The van der Waals surface area contributed by atoms with Gasteiger partial charge in [-0.15, -0.1) is 0 Å². The molecule has 4 unspecified atom stereocenters. The third kappa shape index (κ3) is 4.21. The first kappa shape index (κ1) is 18.9. The number of rotatable bonds is 5. The average molecular weight is 390 g/mol. The van der Waals surface area contributed by atoms with Crippen molar-refractivity contribution in [3.05, 3.63) is 30.3 Å². The van der Waals surface area contributed by atoms with E-state index in [0.29, 0.717) is 28.8 Å². The fraction of sp³-hybridized carbons (Fsp3) is 0.667. The lowest BCUT2D eigenvalue weighted by molar-refractivity contribution is 0.357. The fourth-order valence-electron chi connectivity index (χ4n) is 4.93. The highest BCUT2D eigenvalue weighted by Crippen LogP contribution is 2.33.